The first kappa shape index (κ1) is 14.0. The lowest BCUT2D eigenvalue weighted by Gasteiger charge is -1.99. The number of carbonyl (C=O) groups is 1. The minimum absolute atomic E-state index is 0.282. The molecule has 4 nitrogen and oxygen atoms in total. The summed E-state index contributed by atoms with van der Waals surface area (Å²) in [7, 11) is 1.59. The highest BCUT2D eigenvalue weighted by Gasteiger charge is 2.21. The summed E-state index contributed by atoms with van der Waals surface area (Å²) in [5, 5.41) is 2.64. The third-order valence-electron chi connectivity index (χ3n) is 3.21. The molecule has 0 saturated heterocycles. The van der Waals surface area contributed by atoms with Crippen LogP contribution < -0.4 is 10.1 Å². The molecule has 0 fully saturated rings. The fourth-order valence-corrected chi connectivity index (χ4v) is 2.10. The molecule has 1 aliphatic rings. The van der Waals surface area contributed by atoms with Crippen molar-refractivity contribution in [3.8, 4) is 5.75 Å². The summed E-state index contributed by atoms with van der Waals surface area (Å²) in [6, 6.07) is 13.2. The molecule has 0 saturated carbocycles. The molecule has 2 aromatic carbocycles. The van der Waals surface area contributed by atoms with Crippen molar-refractivity contribution in [3.05, 3.63) is 71.2 Å². The minimum atomic E-state index is -0.373. The number of rotatable bonds is 3. The van der Waals surface area contributed by atoms with E-state index in [0.717, 1.165) is 11.3 Å². The van der Waals surface area contributed by atoms with Crippen molar-refractivity contribution in [1.82, 2.24) is 5.32 Å². The fraction of sp³-hybridized carbons (Fsp3) is 0.0588. The topological polar surface area (TPSA) is 50.7 Å². The summed E-state index contributed by atoms with van der Waals surface area (Å²) < 4.78 is 18.3. The van der Waals surface area contributed by atoms with Crippen LogP contribution >= 0.6 is 0 Å². The van der Waals surface area contributed by atoms with Crippen molar-refractivity contribution in [2.45, 2.75) is 0 Å². The van der Waals surface area contributed by atoms with Crippen LogP contribution in [-0.2, 0) is 4.79 Å². The maximum atomic E-state index is 13.2. The van der Waals surface area contributed by atoms with Crippen molar-refractivity contribution in [2.75, 3.05) is 7.11 Å². The van der Waals surface area contributed by atoms with E-state index in [1.54, 1.807) is 37.5 Å². The second kappa shape index (κ2) is 5.81. The molecule has 5 heteroatoms. The van der Waals surface area contributed by atoms with Crippen LogP contribution in [0.3, 0.4) is 0 Å². The predicted octanol–water partition coefficient (Wildman–Crippen LogP) is 2.75. The van der Waals surface area contributed by atoms with Gasteiger partial charge in [-0.2, -0.15) is 0 Å². The van der Waals surface area contributed by atoms with Crippen LogP contribution in [0, 0.1) is 5.82 Å². The van der Waals surface area contributed by atoms with Gasteiger partial charge in [0.2, 0.25) is 0 Å². The maximum Gasteiger partial charge on any atom is 0.275 e. The zero-order chi connectivity index (χ0) is 15.5. The molecule has 1 heterocycles. The molecule has 0 atom stereocenters. The Hall–Kier alpha value is -2.95. The predicted molar refractivity (Wildman–Crippen MR) is 82.1 cm³/mol. The number of nitrogens with one attached hydrogen (secondary N) is 1. The van der Waals surface area contributed by atoms with E-state index >= 15 is 0 Å². The number of halogens is 1. The molecular formula is C17H13FN2O2. The minimum Gasteiger partial charge on any atom is -0.497 e. The van der Waals surface area contributed by atoms with E-state index in [1.807, 2.05) is 12.1 Å². The Bertz CT molecular complexity index is 780. The molecular weight excluding hydrogens is 283 g/mol. The SMILES string of the molecule is COc1ccc(/C=C2/N=C(c3cccc(F)c3)NC2=O)cc1. The average molecular weight is 296 g/mol. The van der Waals surface area contributed by atoms with Gasteiger partial charge >= 0.3 is 0 Å². The number of benzene rings is 2. The van der Waals surface area contributed by atoms with Crippen LogP contribution in [-0.4, -0.2) is 18.9 Å². The van der Waals surface area contributed by atoms with Gasteiger partial charge in [0, 0.05) is 5.56 Å². The molecule has 3 rings (SSSR count). The lowest BCUT2D eigenvalue weighted by molar-refractivity contribution is -0.115. The largest absolute Gasteiger partial charge is 0.497 e. The molecule has 1 amide bonds. The Morgan fingerprint density at radius 1 is 1.18 bits per heavy atom. The normalized spacial score (nSPS) is 15.6. The average Bonchev–Trinajstić information content (AvgIpc) is 2.89. The van der Waals surface area contributed by atoms with Gasteiger partial charge in [0.15, 0.2) is 0 Å². The van der Waals surface area contributed by atoms with Gasteiger partial charge in [-0.1, -0.05) is 24.3 Å². The lowest BCUT2D eigenvalue weighted by Crippen LogP contribution is -2.24. The number of hydrogen-bond acceptors (Lipinski definition) is 3. The van der Waals surface area contributed by atoms with E-state index in [2.05, 4.69) is 10.3 Å². The van der Waals surface area contributed by atoms with E-state index in [-0.39, 0.29) is 17.4 Å². The number of nitrogens with zero attached hydrogens (tertiary/aromatic N) is 1. The van der Waals surface area contributed by atoms with Gasteiger partial charge in [-0.15, -0.1) is 0 Å². The Morgan fingerprint density at radius 2 is 1.95 bits per heavy atom. The Balaban J connectivity index is 1.90. The van der Waals surface area contributed by atoms with Crippen LogP contribution in [0.15, 0.2) is 59.2 Å². The number of carbonyl (C=O) groups excluding carboxylic acids is 1. The summed E-state index contributed by atoms with van der Waals surface area (Å²) >= 11 is 0. The summed E-state index contributed by atoms with van der Waals surface area (Å²) in [6.45, 7) is 0. The van der Waals surface area contributed by atoms with Crippen LogP contribution in [0.2, 0.25) is 0 Å². The Kier molecular flexibility index (Phi) is 3.70. The second-order valence-corrected chi connectivity index (χ2v) is 4.73. The molecule has 0 aromatic heterocycles. The van der Waals surface area contributed by atoms with E-state index in [1.165, 1.54) is 12.1 Å². The number of hydrogen-bond donors (Lipinski definition) is 1. The standard InChI is InChI=1S/C17H13FN2O2/c1-22-14-7-5-11(6-8-14)9-15-17(21)20-16(19-15)12-3-2-4-13(18)10-12/h2-10H,1H3,(H,19,20,21)/b15-9+. The van der Waals surface area contributed by atoms with Gasteiger partial charge in [-0.05, 0) is 35.9 Å². The summed E-state index contributed by atoms with van der Waals surface area (Å²) in [5.74, 6) is 0.406. The first-order chi connectivity index (χ1) is 10.7. The van der Waals surface area contributed by atoms with Crippen molar-refractivity contribution in [2.24, 2.45) is 4.99 Å². The van der Waals surface area contributed by atoms with E-state index in [4.69, 9.17) is 4.74 Å². The van der Waals surface area contributed by atoms with Crippen molar-refractivity contribution < 1.29 is 13.9 Å². The van der Waals surface area contributed by atoms with Gasteiger partial charge in [0.25, 0.3) is 5.91 Å². The highest BCUT2D eigenvalue weighted by atomic mass is 19.1. The third-order valence-corrected chi connectivity index (χ3v) is 3.21. The van der Waals surface area contributed by atoms with E-state index in [0.29, 0.717) is 11.4 Å². The quantitative estimate of drug-likeness (QED) is 0.885. The van der Waals surface area contributed by atoms with Crippen LogP contribution in [0.5, 0.6) is 5.75 Å². The van der Waals surface area contributed by atoms with Gasteiger partial charge in [0.1, 0.15) is 23.1 Å². The maximum absolute atomic E-state index is 13.2. The van der Waals surface area contributed by atoms with Crippen molar-refractivity contribution in [3.63, 3.8) is 0 Å². The molecule has 0 bridgehead atoms. The monoisotopic (exact) mass is 296 g/mol. The van der Waals surface area contributed by atoms with Gasteiger partial charge in [-0.25, -0.2) is 9.38 Å². The Labute approximate surface area is 127 Å². The molecule has 22 heavy (non-hydrogen) atoms. The summed E-state index contributed by atoms with van der Waals surface area (Å²) in [4.78, 5) is 16.2. The zero-order valence-electron chi connectivity index (χ0n) is 11.8. The third kappa shape index (κ3) is 2.88. The van der Waals surface area contributed by atoms with E-state index < -0.39 is 0 Å². The van der Waals surface area contributed by atoms with Gasteiger partial charge in [0.05, 0.1) is 7.11 Å². The number of amidine groups is 1. The molecule has 1 N–H and O–H groups in total. The first-order valence-corrected chi connectivity index (χ1v) is 6.67. The fourth-order valence-electron chi connectivity index (χ4n) is 2.10. The lowest BCUT2D eigenvalue weighted by atomic mass is 10.2. The van der Waals surface area contributed by atoms with Crippen molar-refractivity contribution in [1.29, 1.82) is 0 Å². The molecule has 0 unspecified atom stereocenters. The number of methoxy groups -OCH3 is 1. The highest BCUT2D eigenvalue weighted by molar-refractivity contribution is 6.19. The van der Waals surface area contributed by atoms with Crippen molar-refractivity contribution >= 4 is 17.8 Å². The Morgan fingerprint density at radius 3 is 2.64 bits per heavy atom. The summed E-state index contributed by atoms with van der Waals surface area (Å²) in [6.07, 6.45) is 1.67. The first-order valence-electron chi connectivity index (χ1n) is 6.67. The van der Waals surface area contributed by atoms with Crippen LogP contribution in [0.25, 0.3) is 6.08 Å². The number of ether oxygens (including phenoxy) is 1. The molecule has 2 aromatic rings. The molecule has 0 radical (unpaired) electrons. The molecule has 1 aliphatic heterocycles. The number of aliphatic imine (C=N–C) groups is 1. The van der Waals surface area contributed by atoms with Crippen LogP contribution in [0.1, 0.15) is 11.1 Å². The molecule has 0 aliphatic carbocycles. The molecule has 0 spiro atoms. The van der Waals surface area contributed by atoms with Gasteiger partial charge in [-0.3, -0.25) is 4.79 Å². The van der Waals surface area contributed by atoms with Gasteiger partial charge < -0.3 is 10.1 Å². The zero-order valence-corrected chi connectivity index (χ0v) is 11.8. The van der Waals surface area contributed by atoms with E-state index in [9.17, 15) is 9.18 Å². The number of amides is 1. The van der Waals surface area contributed by atoms with Crippen LogP contribution in [0.4, 0.5) is 4.39 Å². The second-order valence-electron chi connectivity index (χ2n) is 4.73. The summed E-state index contributed by atoms with van der Waals surface area (Å²) in [5.41, 5.74) is 1.64. The smallest absolute Gasteiger partial charge is 0.275 e. The highest BCUT2D eigenvalue weighted by Crippen LogP contribution is 2.18. The molecule has 110 valence electrons.